The van der Waals surface area contributed by atoms with Crippen molar-refractivity contribution in [3.63, 3.8) is 0 Å². The van der Waals surface area contributed by atoms with E-state index in [1.165, 1.54) is 4.68 Å². The second-order valence-electron chi connectivity index (χ2n) is 3.88. The number of aryl methyl sites for hydroxylation is 1. The van der Waals surface area contributed by atoms with E-state index in [-0.39, 0.29) is 5.56 Å². The molecule has 0 atom stereocenters. The average Bonchev–Trinajstić information content (AvgIpc) is 2.10. The fourth-order valence-electron chi connectivity index (χ4n) is 1.36. The standard InChI is InChI=1S/C10H17N3O/c1-7(2)4-9-8(6-11)5-10(14)13(3)12-9/h5,7H,4,6,11H2,1-3H3. The first-order valence-corrected chi connectivity index (χ1v) is 4.80. The lowest BCUT2D eigenvalue weighted by atomic mass is 10.0. The van der Waals surface area contributed by atoms with E-state index >= 15 is 0 Å². The fourth-order valence-corrected chi connectivity index (χ4v) is 1.36. The average molecular weight is 195 g/mol. The molecule has 0 aromatic carbocycles. The SMILES string of the molecule is CC(C)Cc1nn(C)c(=O)cc1CN. The van der Waals surface area contributed by atoms with Crippen molar-refractivity contribution in [2.45, 2.75) is 26.8 Å². The number of nitrogens with two attached hydrogens (primary N) is 1. The minimum Gasteiger partial charge on any atom is -0.326 e. The van der Waals surface area contributed by atoms with E-state index < -0.39 is 0 Å². The van der Waals surface area contributed by atoms with Crippen LogP contribution in [0.15, 0.2) is 10.9 Å². The third kappa shape index (κ3) is 2.42. The number of hydrogen-bond acceptors (Lipinski definition) is 3. The minimum absolute atomic E-state index is 0.0991. The van der Waals surface area contributed by atoms with Crippen molar-refractivity contribution in [3.8, 4) is 0 Å². The van der Waals surface area contributed by atoms with Gasteiger partial charge in [0.05, 0.1) is 5.69 Å². The number of nitrogens with zero attached hydrogens (tertiary/aromatic N) is 2. The molecule has 0 saturated heterocycles. The lowest BCUT2D eigenvalue weighted by Gasteiger charge is -2.09. The van der Waals surface area contributed by atoms with Crippen LogP contribution < -0.4 is 11.3 Å². The molecule has 1 rings (SSSR count). The van der Waals surface area contributed by atoms with Crippen molar-refractivity contribution >= 4 is 0 Å². The van der Waals surface area contributed by atoms with Gasteiger partial charge >= 0.3 is 0 Å². The molecular formula is C10H17N3O. The van der Waals surface area contributed by atoms with Gasteiger partial charge in [0.2, 0.25) is 0 Å². The lowest BCUT2D eigenvalue weighted by Crippen LogP contribution is -2.23. The van der Waals surface area contributed by atoms with Crippen LogP contribution in [-0.4, -0.2) is 9.78 Å². The fraction of sp³-hybridized carbons (Fsp3) is 0.600. The van der Waals surface area contributed by atoms with E-state index in [9.17, 15) is 4.79 Å². The van der Waals surface area contributed by atoms with Crippen LogP contribution in [0.1, 0.15) is 25.1 Å². The van der Waals surface area contributed by atoms with Gasteiger partial charge in [-0.25, -0.2) is 4.68 Å². The first-order chi connectivity index (χ1) is 6.54. The molecule has 78 valence electrons. The predicted molar refractivity (Wildman–Crippen MR) is 55.9 cm³/mol. The van der Waals surface area contributed by atoms with Crippen LogP contribution in [-0.2, 0) is 20.0 Å². The zero-order valence-corrected chi connectivity index (χ0v) is 8.95. The summed E-state index contributed by atoms with van der Waals surface area (Å²) in [6.07, 6.45) is 0.862. The maximum Gasteiger partial charge on any atom is 0.266 e. The molecule has 4 nitrogen and oxygen atoms in total. The Morgan fingerprint density at radius 1 is 1.57 bits per heavy atom. The Kier molecular flexibility index (Phi) is 3.41. The first kappa shape index (κ1) is 10.9. The molecular weight excluding hydrogens is 178 g/mol. The van der Waals surface area contributed by atoms with Crippen LogP contribution in [0.3, 0.4) is 0 Å². The van der Waals surface area contributed by atoms with Crippen LogP contribution >= 0.6 is 0 Å². The molecule has 1 aromatic heterocycles. The first-order valence-electron chi connectivity index (χ1n) is 4.80. The highest BCUT2D eigenvalue weighted by Crippen LogP contribution is 2.08. The molecule has 0 bridgehead atoms. The van der Waals surface area contributed by atoms with Crippen LogP contribution in [0.25, 0.3) is 0 Å². The Bertz CT molecular complexity index is 368. The van der Waals surface area contributed by atoms with Crippen LogP contribution in [0.2, 0.25) is 0 Å². The summed E-state index contributed by atoms with van der Waals surface area (Å²) in [5.41, 5.74) is 7.26. The van der Waals surface area contributed by atoms with Gasteiger partial charge in [0, 0.05) is 19.7 Å². The molecule has 0 aliphatic heterocycles. The summed E-state index contributed by atoms with van der Waals surface area (Å²) >= 11 is 0. The highest BCUT2D eigenvalue weighted by atomic mass is 16.1. The van der Waals surface area contributed by atoms with Gasteiger partial charge in [-0.05, 0) is 17.9 Å². The molecule has 0 aliphatic rings. The van der Waals surface area contributed by atoms with Crippen molar-refractivity contribution in [2.24, 2.45) is 18.7 Å². The van der Waals surface area contributed by atoms with Crippen LogP contribution in [0, 0.1) is 5.92 Å². The number of rotatable bonds is 3. The van der Waals surface area contributed by atoms with Gasteiger partial charge in [0.25, 0.3) is 5.56 Å². The van der Waals surface area contributed by atoms with Gasteiger partial charge in [-0.1, -0.05) is 13.8 Å². The topological polar surface area (TPSA) is 60.9 Å². The van der Waals surface area contributed by atoms with Crippen LogP contribution in [0.4, 0.5) is 0 Å². The zero-order chi connectivity index (χ0) is 10.7. The Labute approximate surface area is 83.7 Å². The van der Waals surface area contributed by atoms with Crippen molar-refractivity contribution in [1.82, 2.24) is 9.78 Å². The molecule has 4 heteroatoms. The molecule has 0 aliphatic carbocycles. The van der Waals surface area contributed by atoms with Gasteiger partial charge < -0.3 is 5.73 Å². The molecule has 0 fully saturated rings. The molecule has 0 saturated carbocycles. The quantitative estimate of drug-likeness (QED) is 0.761. The maximum absolute atomic E-state index is 11.3. The molecule has 14 heavy (non-hydrogen) atoms. The minimum atomic E-state index is -0.0991. The smallest absolute Gasteiger partial charge is 0.266 e. The van der Waals surface area contributed by atoms with E-state index in [4.69, 9.17) is 5.73 Å². The van der Waals surface area contributed by atoms with Crippen molar-refractivity contribution < 1.29 is 0 Å². The summed E-state index contributed by atoms with van der Waals surface area (Å²) in [5.74, 6) is 0.519. The number of aromatic nitrogens is 2. The summed E-state index contributed by atoms with van der Waals surface area (Å²) < 4.78 is 1.36. The number of hydrogen-bond donors (Lipinski definition) is 1. The van der Waals surface area contributed by atoms with Gasteiger partial charge in [-0.15, -0.1) is 0 Å². The van der Waals surface area contributed by atoms with Gasteiger partial charge in [-0.3, -0.25) is 4.79 Å². The lowest BCUT2D eigenvalue weighted by molar-refractivity contribution is 0.589. The summed E-state index contributed by atoms with van der Waals surface area (Å²) in [7, 11) is 1.66. The van der Waals surface area contributed by atoms with E-state index in [1.54, 1.807) is 13.1 Å². The largest absolute Gasteiger partial charge is 0.326 e. The third-order valence-corrected chi connectivity index (χ3v) is 2.08. The molecule has 1 heterocycles. The second kappa shape index (κ2) is 4.37. The summed E-state index contributed by atoms with van der Waals surface area (Å²) in [4.78, 5) is 11.3. The third-order valence-electron chi connectivity index (χ3n) is 2.08. The van der Waals surface area contributed by atoms with E-state index in [1.807, 2.05) is 0 Å². The normalized spacial score (nSPS) is 10.9. The highest BCUT2D eigenvalue weighted by Gasteiger charge is 2.07. The van der Waals surface area contributed by atoms with Crippen molar-refractivity contribution in [1.29, 1.82) is 0 Å². The molecule has 1 aromatic rings. The van der Waals surface area contributed by atoms with Gasteiger partial charge in [-0.2, -0.15) is 5.10 Å². The second-order valence-corrected chi connectivity index (χ2v) is 3.88. The van der Waals surface area contributed by atoms with Crippen molar-refractivity contribution in [3.05, 3.63) is 27.7 Å². The summed E-state index contributed by atoms with van der Waals surface area (Å²) in [6.45, 7) is 4.62. The monoisotopic (exact) mass is 195 g/mol. The molecule has 0 spiro atoms. The van der Waals surface area contributed by atoms with Crippen molar-refractivity contribution in [2.75, 3.05) is 0 Å². The Morgan fingerprint density at radius 2 is 2.21 bits per heavy atom. The van der Waals surface area contributed by atoms with E-state index in [0.717, 1.165) is 17.7 Å². The molecule has 0 radical (unpaired) electrons. The highest BCUT2D eigenvalue weighted by molar-refractivity contribution is 5.17. The maximum atomic E-state index is 11.3. The Morgan fingerprint density at radius 3 is 2.71 bits per heavy atom. The van der Waals surface area contributed by atoms with E-state index in [0.29, 0.717) is 12.5 Å². The van der Waals surface area contributed by atoms with Crippen LogP contribution in [0.5, 0.6) is 0 Å². The van der Waals surface area contributed by atoms with Gasteiger partial charge in [0.15, 0.2) is 0 Å². The summed E-state index contributed by atoms with van der Waals surface area (Å²) in [5, 5.41) is 4.21. The molecule has 0 amide bonds. The molecule has 2 N–H and O–H groups in total. The molecule has 0 unspecified atom stereocenters. The Balaban J connectivity index is 3.13. The Hall–Kier alpha value is -1.16. The predicted octanol–water partition coefficient (Wildman–Crippen LogP) is 0.438. The van der Waals surface area contributed by atoms with Gasteiger partial charge in [0.1, 0.15) is 0 Å². The summed E-state index contributed by atoms with van der Waals surface area (Å²) in [6, 6.07) is 1.57. The zero-order valence-electron chi connectivity index (χ0n) is 8.95. The van der Waals surface area contributed by atoms with E-state index in [2.05, 4.69) is 18.9 Å².